The number of methoxy groups -OCH3 is 1. The maximum atomic E-state index is 12.7. The normalized spacial score (nSPS) is 17.7. The highest BCUT2D eigenvalue weighted by atomic mass is 32.2. The molecule has 2 amide bonds. The van der Waals surface area contributed by atoms with Crippen LogP contribution in [0.2, 0.25) is 0 Å². The molecule has 1 saturated heterocycles. The molecule has 0 unspecified atom stereocenters. The van der Waals surface area contributed by atoms with Crippen LogP contribution >= 0.6 is 11.8 Å². The van der Waals surface area contributed by atoms with E-state index in [4.69, 9.17) is 0 Å². The van der Waals surface area contributed by atoms with Crippen molar-refractivity contribution in [3.05, 3.63) is 18.0 Å². The van der Waals surface area contributed by atoms with E-state index < -0.39 is 24.0 Å². The number of thioether (sulfide) groups is 1. The smallest absolute Gasteiger partial charge is 0.426 e. The summed E-state index contributed by atoms with van der Waals surface area (Å²) in [5.74, 6) is -1.34. The first-order valence-electron chi connectivity index (χ1n) is 6.78. The van der Waals surface area contributed by atoms with Crippen molar-refractivity contribution >= 4 is 29.7 Å². The zero-order valence-electron chi connectivity index (χ0n) is 12.6. The van der Waals surface area contributed by atoms with Crippen molar-refractivity contribution in [3.63, 3.8) is 0 Å². The Kier molecular flexibility index (Phi) is 5.37. The van der Waals surface area contributed by atoms with Gasteiger partial charge in [0.05, 0.1) is 7.11 Å². The van der Waals surface area contributed by atoms with Crippen molar-refractivity contribution in [2.45, 2.75) is 24.0 Å². The van der Waals surface area contributed by atoms with Gasteiger partial charge < -0.3 is 9.84 Å². The van der Waals surface area contributed by atoms with Gasteiger partial charge in [0.2, 0.25) is 0 Å². The molecule has 124 valence electrons. The van der Waals surface area contributed by atoms with E-state index in [1.165, 1.54) is 31.1 Å². The molecule has 0 saturated carbocycles. The van der Waals surface area contributed by atoms with Gasteiger partial charge in [-0.15, -0.1) is 0 Å². The Morgan fingerprint density at radius 1 is 1.43 bits per heavy atom. The second-order valence-corrected chi connectivity index (χ2v) is 5.44. The zero-order valence-corrected chi connectivity index (χ0v) is 13.4. The highest BCUT2D eigenvalue weighted by Gasteiger charge is 2.41. The van der Waals surface area contributed by atoms with Crippen molar-refractivity contribution in [1.29, 1.82) is 0 Å². The molecule has 23 heavy (non-hydrogen) atoms. The number of amides is 2. The second-order valence-electron chi connectivity index (χ2n) is 4.67. The lowest BCUT2D eigenvalue weighted by Crippen LogP contribution is -2.60. The van der Waals surface area contributed by atoms with Gasteiger partial charge in [0.1, 0.15) is 5.69 Å². The minimum Gasteiger partial charge on any atom is -0.467 e. The fourth-order valence-corrected chi connectivity index (χ4v) is 2.66. The quantitative estimate of drug-likeness (QED) is 0.490. The first-order valence-corrected chi connectivity index (χ1v) is 8.01. The van der Waals surface area contributed by atoms with Gasteiger partial charge >= 0.3 is 12.1 Å². The average Bonchev–Trinajstić information content (AvgIpc) is 2.59. The maximum absolute atomic E-state index is 12.7. The highest BCUT2D eigenvalue weighted by molar-refractivity contribution is 7.98. The van der Waals surface area contributed by atoms with Crippen LogP contribution in [0.15, 0.2) is 17.4 Å². The summed E-state index contributed by atoms with van der Waals surface area (Å²) in [5.41, 5.74) is 0.0198. The molecule has 2 heterocycles. The van der Waals surface area contributed by atoms with Gasteiger partial charge in [0.15, 0.2) is 11.2 Å². The Hall–Kier alpha value is -2.36. The summed E-state index contributed by atoms with van der Waals surface area (Å²) in [6.45, 7) is 0.120. The minimum atomic E-state index is -1.31. The van der Waals surface area contributed by atoms with Crippen LogP contribution in [-0.2, 0) is 9.53 Å². The second kappa shape index (κ2) is 7.27. The van der Waals surface area contributed by atoms with E-state index in [1.54, 1.807) is 6.26 Å². The van der Waals surface area contributed by atoms with Crippen LogP contribution < -0.4 is 0 Å². The van der Waals surface area contributed by atoms with E-state index in [1.807, 2.05) is 0 Å². The van der Waals surface area contributed by atoms with Crippen molar-refractivity contribution in [3.8, 4) is 0 Å². The van der Waals surface area contributed by atoms with E-state index in [-0.39, 0.29) is 12.2 Å². The van der Waals surface area contributed by atoms with Crippen molar-refractivity contribution < 1.29 is 24.2 Å². The molecule has 2 rings (SSSR count). The molecule has 1 aromatic heterocycles. The lowest BCUT2D eigenvalue weighted by Gasteiger charge is -2.40. The minimum absolute atomic E-state index is 0.0198. The van der Waals surface area contributed by atoms with E-state index in [0.717, 1.165) is 10.0 Å². The van der Waals surface area contributed by atoms with Gasteiger partial charge in [-0.3, -0.25) is 4.79 Å². The number of rotatable bonds is 3. The van der Waals surface area contributed by atoms with Crippen LogP contribution in [0.3, 0.4) is 0 Å². The maximum Gasteiger partial charge on any atom is 0.426 e. The number of carboxylic acid groups (broad SMARTS) is 1. The number of aromatic nitrogens is 2. The number of hydrogen-bond donors (Lipinski definition) is 1. The molecule has 0 aromatic carbocycles. The third kappa shape index (κ3) is 3.52. The first kappa shape index (κ1) is 17.0. The molecule has 1 atom stereocenters. The number of nitrogens with zero attached hydrogens (tertiary/aromatic N) is 4. The third-order valence-electron chi connectivity index (χ3n) is 3.34. The van der Waals surface area contributed by atoms with Crippen molar-refractivity contribution in [2.24, 2.45) is 0 Å². The fourth-order valence-electron chi connectivity index (χ4n) is 2.30. The summed E-state index contributed by atoms with van der Waals surface area (Å²) >= 11 is 1.25. The standard InChI is InChI=1S/C13H16N4O5S/c1-22-11(19)9-4-3-7-16(13(20)21)17(9)10(18)8-5-6-14-12(15-8)23-2/h5-6,9H,3-4,7H2,1-2H3,(H,20,21)/t9-/m0/s1. The Balaban J connectivity index is 2.40. The van der Waals surface area contributed by atoms with Crippen molar-refractivity contribution in [2.75, 3.05) is 19.9 Å². The Labute approximate surface area is 136 Å². The molecule has 1 aromatic rings. The van der Waals surface area contributed by atoms with Gasteiger partial charge in [-0.05, 0) is 25.2 Å². The van der Waals surface area contributed by atoms with Crippen LogP contribution in [-0.4, -0.2) is 69.0 Å². The van der Waals surface area contributed by atoms with Gasteiger partial charge in [-0.2, -0.15) is 0 Å². The van der Waals surface area contributed by atoms with Crippen LogP contribution in [0.25, 0.3) is 0 Å². The SMILES string of the molecule is COC(=O)[C@@H]1CCCN(C(=O)O)N1C(=O)c1ccnc(SC)n1. The number of hydrazine groups is 1. The van der Waals surface area contributed by atoms with Crippen molar-refractivity contribution in [1.82, 2.24) is 20.0 Å². The Bertz CT molecular complexity index is 626. The monoisotopic (exact) mass is 340 g/mol. The first-order chi connectivity index (χ1) is 11.0. The third-order valence-corrected chi connectivity index (χ3v) is 3.90. The summed E-state index contributed by atoms with van der Waals surface area (Å²) < 4.78 is 4.69. The Morgan fingerprint density at radius 2 is 2.17 bits per heavy atom. The summed E-state index contributed by atoms with van der Waals surface area (Å²) in [6.07, 6.45) is 2.63. The Morgan fingerprint density at radius 3 is 2.78 bits per heavy atom. The summed E-state index contributed by atoms with van der Waals surface area (Å²) in [5, 5.41) is 11.4. The number of esters is 1. The van der Waals surface area contributed by atoms with Gasteiger partial charge in [-0.25, -0.2) is 29.6 Å². The number of hydrogen-bond acceptors (Lipinski definition) is 7. The largest absolute Gasteiger partial charge is 0.467 e. The lowest BCUT2D eigenvalue weighted by atomic mass is 10.1. The van der Waals surface area contributed by atoms with Gasteiger partial charge in [0.25, 0.3) is 5.91 Å². The number of carbonyl (C=O) groups is 3. The van der Waals surface area contributed by atoms with E-state index in [2.05, 4.69) is 14.7 Å². The molecular formula is C13H16N4O5S. The van der Waals surface area contributed by atoms with E-state index in [9.17, 15) is 19.5 Å². The predicted octanol–water partition coefficient (Wildman–Crippen LogP) is 0.871. The summed E-state index contributed by atoms with van der Waals surface area (Å²) in [4.78, 5) is 44.1. The molecule has 1 aliphatic heterocycles. The molecule has 0 aliphatic carbocycles. The molecular weight excluding hydrogens is 324 g/mol. The molecule has 0 bridgehead atoms. The molecule has 1 fully saturated rings. The van der Waals surface area contributed by atoms with Crippen LogP contribution in [0, 0.1) is 0 Å². The molecule has 0 radical (unpaired) electrons. The van der Waals surface area contributed by atoms with Gasteiger partial charge in [-0.1, -0.05) is 11.8 Å². The molecule has 9 nitrogen and oxygen atoms in total. The molecule has 1 N–H and O–H groups in total. The molecule has 1 aliphatic rings. The summed E-state index contributed by atoms with van der Waals surface area (Å²) in [7, 11) is 1.20. The number of ether oxygens (including phenoxy) is 1. The van der Waals surface area contributed by atoms with Crippen LogP contribution in [0.1, 0.15) is 23.3 Å². The zero-order chi connectivity index (χ0) is 17.0. The molecule has 0 spiro atoms. The van der Waals surface area contributed by atoms with Crippen LogP contribution in [0.5, 0.6) is 0 Å². The van der Waals surface area contributed by atoms with E-state index >= 15 is 0 Å². The summed E-state index contributed by atoms with van der Waals surface area (Å²) in [6, 6.07) is 0.385. The lowest BCUT2D eigenvalue weighted by molar-refractivity contribution is -0.154. The average molecular weight is 340 g/mol. The molecule has 10 heteroatoms. The van der Waals surface area contributed by atoms with Crippen LogP contribution in [0.4, 0.5) is 4.79 Å². The van der Waals surface area contributed by atoms with E-state index in [0.29, 0.717) is 18.0 Å². The van der Waals surface area contributed by atoms with Gasteiger partial charge in [0, 0.05) is 12.7 Å². The number of carbonyl (C=O) groups excluding carboxylic acids is 2. The topological polar surface area (TPSA) is 113 Å². The predicted molar refractivity (Wildman–Crippen MR) is 79.8 cm³/mol. The fraction of sp³-hybridized carbons (Fsp3) is 0.462. The highest BCUT2D eigenvalue weighted by Crippen LogP contribution is 2.22.